The van der Waals surface area contributed by atoms with Crippen LogP contribution in [0.3, 0.4) is 0 Å². The number of nitriles is 1. The van der Waals surface area contributed by atoms with Gasteiger partial charge in [0.2, 0.25) is 5.88 Å². The number of halogens is 2. The number of rotatable bonds is 10. The van der Waals surface area contributed by atoms with Crippen LogP contribution in [0, 0.1) is 11.3 Å². The Hall–Kier alpha value is -4.13. The second-order valence-corrected chi connectivity index (χ2v) is 6.54. The number of allylic oxidation sites excluding steroid dienone is 3. The third-order valence-electron chi connectivity index (χ3n) is 4.48. The number of anilines is 1. The lowest BCUT2D eigenvalue weighted by atomic mass is 10.1. The van der Waals surface area contributed by atoms with Crippen molar-refractivity contribution in [1.29, 1.82) is 5.26 Å². The molecule has 166 valence electrons. The van der Waals surface area contributed by atoms with Crippen molar-refractivity contribution in [3.8, 4) is 11.9 Å². The van der Waals surface area contributed by atoms with E-state index >= 15 is 0 Å². The summed E-state index contributed by atoms with van der Waals surface area (Å²) in [6, 6.07) is 8.18. The SMILES string of the molecule is C=C/C(C#N)=C\N(C)c1ccc(OC/C(=C(/C)c2ccc(C(F)F)cn2)N(C)N=C)nn1. The molecule has 0 aliphatic heterocycles. The average Bonchev–Trinajstić information content (AvgIpc) is 2.82. The summed E-state index contributed by atoms with van der Waals surface area (Å²) in [6.45, 7) is 8.94. The van der Waals surface area contributed by atoms with Gasteiger partial charge in [-0.05, 0) is 30.7 Å². The van der Waals surface area contributed by atoms with Crippen molar-refractivity contribution >= 4 is 18.1 Å². The monoisotopic (exact) mass is 439 g/mol. The van der Waals surface area contributed by atoms with Crippen LogP contribution in [0.25, 0.3) is 5.57 Å². The smallest absolute Gasteiger partial charge is 0.265 e. The van der Waals surface area contributed by atoms with E-state index in [1.54, 1.807) is 44.3 Å². The highest BCUT2D eigenvalue weighted by molar-refractivity contribution is 5.64. The Morgan fingerprint density at radius 2 is 2.03 bits per heavy atom. The van der Waals surface area contributed by atoms with E-state index in [0.29, 0.717) is 28.4 Å². The molecule has 10 heteroatoms. The Bertz CT molecular complexity index is 1040. The summed E-state index contributed by atoms with van der Waals surface area (Å²) in [5.41, 5.74) is 2.04. The summed E-state index contributed by atoms with van der Waals surface area (Å²) in [7, 11) is 3.41. The van der Waals surface area contributed by atoms with Gasteiger partial charge in [-0.3, -0.25) is 9.99 Å². The minimum atomic E-state index is -2.58. The zero-order chi connectivity index (χ0) is 23.7. The predicted molar refractivity (Wildman–Crippen MR) is 119 cm³/mol. The van der Waals surface area contributed by atoms with E-state index in [-0.39, 0.29) is 18.1 Å². The Morgan fingerprint density at radius 3 is 2.53 bits per heavy atom. The molecule has 0 radical (unpaired) electrons. The van der Waals surface area contributed by atoms with Crippen molar-refractivity contribution < 1.29 is 13.5 Å². The number of nitrogens with zero attached hydrogens (tertiary/aromatic N) is 7. The van der Waals surface area contributed by atoms with Gasteiger partial charge in [0.15, 0.2) is 5.82 Å². The van der Waals surface area contributed by atoms with Crippen LogP contribution < -0.4 is 9.64 Å². The molecule has 8 nitrogen and oxygen atoms in total. The van der Waals surface area contributed by atoms with Crippen molar-refractivity contribution in [2.75, 3.05) is 25.6 Å². The van der Waals surface area contributed by atoms with Crippen LogP contribution in [0.2, 0.25) is 0 Å². The maximum atomic E-state index is 12.8. The van der Waals surface area contributed by atoms with Crippen molar-refractivity contribution in [3.05, 3.63) is 71.8 Å². The molecule has 0 amide bonds. The molecule has 0 aromatic carbocycles. The lowest BCUT2D eigenvalue weighted by Crippen LogP contribution is -2.19. The lowest BCUT2D eigenvalue weighted by molar-refractivity contribution is 0.151. The summed E-state index contributed by atoms with van der Waals surface area (Å²) >= 11 is 0. The maximum Gasteiger partial charge on any atom is 0.265 e. The standard InChI is InChI=1S/C22H23F2N7O/c1-6-16(11-25)13-30(4)20-9-10-21(29-28-20)32-14-19(31(5)26-3)15(2)18-8-7-17(12-27-18)22(23)24/h6-10,12-13,22H,1,3,14H2,2,4-5H3/b16-13+,19-15+. The lowest BCUT2D eigenvalue weighted by Gasteiger charge is -2.20. The highest BCUT2D eigenvalue weighted by Gasteiger charge is 2.14. The fraction of sp³-hybridized carbons (Fsp3) is 0.227. The van der Waals surface area contributed by atoms with Gasteiger partial charge in [0.1, 0.15) is 12.7 Å². The fourth-order valence-corrected chi connectivity index (χ4v) is 2.56. The summed E-state index contributed by atoms with van der Waals surface area (Å²) < 4.78 is 31.3. The van der Waals surface area contributed by atoms with Crippen LogP contribution in [0.15, 0.2) is 65.7 Å². The number of hydrogen-bond acceptors (Lipinski definition) is 8. The third kappa shape index (κ3) is 6.18. The maximum absolute atomic E-state index is 12.8. The molecule has 0 aliphatic carbocycles. The number of likely N-dealkylation sites (N-methyl/N-ethyl adjacent to an activating group) is 1. The number of pyridine rings is 1. The Morgan fingerprint density at radius 1 is 1.28 bits per heavy atom. The van der Waals surface area contributed by atoms with Gasteiger partial charge in [-0.25, -0.2) is 8.78 Å². The van der Waals surface area contributed by atoms with Gasteiger partial charge in [-0.15, -0.1) is 10.2 Å². The van der Waals surface area contributed by atoms with Gasteiger partial charge in [0, 0.05) is 44.8 Å². The van der Waals surface area contributed by atoms with Crippen molar-refractivity contribution in [2.24, 2.45) is 5.10 Å². The molecule has 2 aromatic rings. The number of ether oxygens (including phenoxy) is 1. The van der Waals surface area contributed by atoms with E-state index in [4.69, 9.17) is 10.00 Å². The summed E-state index contributed by atoms with van der Waals surface area (Å²) in [4.78, 5) is 5.75. The van der Waals surface area contributed by atoms with Gasteiger partial charge in [-0.2, -0.15) is 10.4 Å². The largest absolute Gasteiger partial charge is 0.470 e. The van der Waals surface area contributed by atoms with Gasteiger partial charge >= 0.3 is 0 Å². The van der Waals surface area contributed by atoms with E-state index in [1.807, 2.05) is 6.07 Å². The zero-order valence-electron chi connectivity index (χ0n) is 18.0. The molecule has 0 aliphatic rings. The molecule has 0 bridgehead atoms. The molecule has 2 rings (SSSR count). The number of alkyl halides is 2. The van der Waals surface area contributed by atoms with E-state index in [2.05, 4.69) is 33.6 Å². The van der Waals surface area contributed by atoms with Gasteiger partial charge in [-0.1, -0.05) is 12.7 Å². The van der Waals surface area contributed by atoms with Crippen LogP contribution in [0.5, 0.6) is 5.88 Å². The molecule has 0 spiro atoms. The molecule has 0 atom stereocenters. The highest BCUT2D eigenvalue weighted by Crippen LogP contribution is 2.23. The molecule has 2 heterocycles. The first-order chi connectivity index (χ1) is 15.3. The minimum absolute atomic E-state index is 0.0679. The van der Waals surface area contributed by atoms with Crippen molar-refractivity contribution in [2.45, 2.75) is 13.3 Å². The average molecular weight is 439 g/mol. The van der Waals surface area contributed by atoms with Crippen LogP contribution >= 0.6 is 0 Å². The van der Waals surface area contributed by atoms with Gasteiger partial charge in [0.05, 0.1) is 17.0 Å². The van der Waals surface area contributed by atoms with Gasteiger partial charge < -0.3 is 9.64 Å². The first-order valence-corrected chi connectivity index (χ1v) is 9.39. The molecular formula is C22H23F2N7O. The summed E-state index contributed by atoms with van der Waals surface area (Å²) in [6.07, 6.45) is 1.58. The molecule has 0 fully saturated rings. The van der Waals surface area contributed by atoms with Crippen LogP contribution in [-0.2, 0) is 0 Å². The molecule has 2 aromatic heterocycles. The van der Waals surface area contributed by atoms with E-state index < -0.39 is 6.43 Å². The molecule has 0 saturated heterocycles. The second kappa shape index (κ2) is 11.3. The Balaban J connectivity index is 2.19. The molecule has 0 N–H and O–H groups in total. The quantitative estimate of drug-likeness (QED) is 0.237. The van der Waals surface area contributed by atoms with Gasteiger partial charge in [0.25, 0.3) is 6.43 Å². The molecular weight excluding hydrogens is 416 g/mol. The van der Waals surface area contributed by atoms with E-state index in [0.717, 1.165) is 6.20 Å². The topological polar surface area (TPSA) is 90.5 Å². The van der Waals surface area contributed by atoms with Crippen molar-refractivity contribution in [1.82, 2.24) is 20.2 Å². The first-order valence-electron chi connectivity index (χ1n) is 9.39. The van der Waals surface area contributed by atoms with Crippen molar-refractivity contribution in [3.63, 3.8) is 0 Å². The first kappa shape index (κ1) is 24.1. The predicted octanol–water partition coefficient (Wildman–Crippen LogP) is 4.20. The van der Waals surface area contributed by atoms with Crippen LogP contribution in [0.1, 0.15) is 24.6 Å². The van der Waals surface area contributed by atoms with E-state index in [1.165, 1.54) is 23.2 Å². The number of aromatic nitrogens is 3. The summed E-state index contributed by atoms with van der Waals surface area (Å²) in [5, 5.41) is 22.5. The van der Waals surface area contributed by atoms with Crippen LogP contribution in [-0.4, -0.2) is 47.6 Å². The fourth-order valence-electron chi connectivity index (χ4n) is 2.56. The number of hydrazone groups is 1. The number of hydrogen-bond donors (Lipinski definition) is 0. The summed E-state index contributed by atoms with van der Waals surface area (Å²) in [5.74, 6) is 0.770. The second-order valence-electron chi connectivity index (χ2n) is 6.54. The Kier molecular flexibility index (Phi) is 8.53. The Labute approximate surface area is 185 Å². The highest BCUT2D eigenvalue weighted by atomic mass is 19.3. The minimum Gasteiger partial charge on any atom is -0.470 e. The zero-order valence-corrected chi connectivity index (χ0v) is 18.0. The molecule has 0 unspecified atom stereocenters. The normalized spacial score (nSPS) is 12.0. The molecule has 32 heavy (non-hydrogen) atoms. The molecule has 0 saturated carbocycles. The van der Waals surface area contributed by atoms with E-state index in [9.17, 15) is 8.78 Å². The third-order valence-corrected chi connectivity index (χ3v) is 4.48. The van der Waals surface area contributed by atoms with Crippen LogP contribution in [0.4, 0.5) is 14.6 Å².